The molecule has 0 aliphatic rings. The van der Waals surface area contributed by atoms with Gasteiger partial charge in [-0.3, -0.25) is 9.78 Å². The highest BCUT2D eigenvalue weighted by Crippen LogP contribution is 2.06. The number of aromatic nitrogens is 1. The molecule has 0 radical (unpaired) electrons. The summed E-state index contributed by atoms with van der Waals surface area (Å²) in [6.45, 7) is 4.61. The second kappa shape index (κ2) is 7.01. The lowest BCUT2D eigenvalue weighted by Gasteiger charge is -2.07. The third kappa shape index (κ3) is 4.53. The fourth-order valence-electron chi connectivity index (χ4n) is 1.64. The van der Waals surface area contributed by atoms with Crippen LogP contribution in [0.3, 0.4) is 0 Å². The van der Waals surface area contributed by atoms with Gasteiger partial charge < -0.3 is 10.4 Å². The van der Waals surface area contributed by atoms with E-state index in [2.05, 4.69) is 10.3 Å². The summed E-state index contributed by atoms with van der Waals surface area (Å²) in [7, 11) is 0. The molecular weight excluding hydrogens is 216 g/mol. The summed E-state index contributed by atoms with van der Waals surface area (Å²) >= 11 is 0. The van der Waals surface area contributed by atoms with E-state index in [1.54, 1.807) is 6.07 Å². The highest BCUT2D eigenvalue weighted by molar-refractivity contribution is 5.95. The van der Waals surface area contributed by atoms with Crippen molar-refractivity contribution in [1.29, 1.82) is 0 Å². The molecule has 1 aromatic rings. The first kappa shape index (κ1) is 13.6. The molecule has 0 unspecified atom stereocenters. The molecule has 0 bridgehead atoms. The Morgan fingerprint density at radius 2 is 2.06 bits per heavy atom. The fourth-order valence-corrected chi connectivity index (χ4v) is 1.64. The van der Waals surface area contributed by atoms with E-state index in [0.717, 1.165) is 30.7 Å². The Balaban J connectivity index is 2.42. The summed E-state index contributed by atoms with van der Waals surface area (Å²) < 4.78 is 0. The van der Waals surface area contributed by atoms with Crippen LogP contribution in [0.15, 0.2) is 12.1 Å². The Morgan fingerprint density at radius 3 is 2.71 bits per heavy atom. The number of carbonyl (C=O) groups excluding carboxylic acids is 1. The van der Waals surface area contributed by atoms with Crippen molar-refractivity contribution in [2.24, 2.45) is 0 Å². The van der Waals surface area contributed by atoms with Crippen LogP contribution in [0.4, 0.5) is 0 Å². The van der Waals surface area contributed by atoms with Gasteiger partial charge in [0.25, 0.3) is 5.91 Å². The fraction of sp³-hybridized carbons (Fsp3) is 0.538. The van der Waals surface area contributed by atoms with Crippen LogP contribution < -0.4 is 5.32 Å². The van der Waals surface area contributed by atoms with Gasteiger partial charge in [-0.25, -0.2) is 0 Å². The van der Waals surface area contributed by atoms with E-state index in [1.807, 2.05) is 19.9 Å². The van der Waals surface area contributed by atoms with Crippen LogP contribution in [-0.2, 0) is 0 Å². The Hall–Kier alpha value is -1.42. The number of hydrogen-bond donors (Lipinski definition) is 2. The average molecular weight is 236 g/mol. The van der Waals surface area contributed by atoms with E-state index in [-0.39, 0.29) is 12.5 Å². The number of rotatable bonds is 6. The molecule has 1 rings (SSSR count). The van der Waals surface area contributed by atoms with Gasteiger partial charge in [-0.2, -0.15) is 0 Å². The molecule has 17 heavy (non-hydrogen) atoms. The first-order valence-corrected chi connectivity index (χ1v) is 5.98. The minimum atomic E-state index is -0.0704. The van der Waals surface area contributed by atoms with E-state index in [0.29, 0.717) is 12.1 Å². The molecule has 0 spiro atoms. The zero-order valence-electron chi connectivity index (χ0n) is 10.5. The molecule has 0 aliphatic carbocycles. The average Bonchev–Trinajstić information content (AvgIpc) is 2.28. The van der Waals surface area contributed by atoms with E-state index < -0.39 is 0 Å². The van der Waals surface area contributed by atoms with Gasteiger partial charge in [-0.15, -0.1) is 0 Å². The maximum absolute atomic E-state index is 11.8. The highest BCUT2D eigenvalue weighted by atomic mass is 16.2. The molecule has 0 fully saturated rings. The molecule has 4 nitrogen and oxygen atoms in total. The van der Waals surface area contributed by atoms with Gasteiger partial charge in [-0.05, 0) is 45.2 Å². The van der Waals surface area contributed by atoms with Crippen LogP contribution >= 0.6 is 0 Å². The van der Waals surface area contributed by atoms with Crippen molar-refractivity contribution >= 4 is 5.91 Å². The van der Waals surface area contributed by atoms with Crippen LogP contribution in [0.1, 0.15) is 41.0 Å². The summed E-state index contributed by atoms with van der Waals surface area (Å²) in [5.41, 5.74) is 2.32. The van der Waals surface area contributed by atoms with Gasteiger partial charge in [0, 0.05) is 18.8 Å². The number of nitrogens with zero attached hydrogens (tertiary/aromatic N) is 1. The van der Waals surface area contributed by atoms with Crippen molar-refractivity contribution in [3.8, 4) is 0 Å². The van der Waals surface area contributed by atoms with E-state index >= 15 is 0 Å². The van der Waals surface area contributed by atoms with E-state index in [1.165, 1.54) is 0 Å². The zero-order valence-corrected chi connectivity index (χ0v) is 10.5. The number of hydrogen-bond acceptors (Lipinski definition) is 3. The zero-order chi connectivity index (χ0) is 12.7. The molecule has 4 heteroatoms. The monoisotopic (exact) mass is 236 g/mol. The highest BCUT2D eigenvalue weighted by Gasteiger charge is 2.08. The number of aliphatic hydroxyl groups is 1. The molecule has 0 saturated carbocycles. The van der Waals surface area contributed by atoms with Gasteiger partial charge in [0.1, 0.15) is 0 Å². The summed E-state index contributed by atoms with van der Waals surface area (Å²) in [6.07, 6.45) is 2.62. The smallest absolute Gasteiger partial charge is 0.253 e. The summed E-state index contributed by atoms with van der Waals surface area (Å²) in [5.74, 6) is -0.0704. The van der Waals surface area contributed by atoms with Gasteiger partial charge in [-0.1, -0.05) is 0 Å². The minimum Gasteiger partial charge on any atom is -0.396 e. The number of carbonyl (C=O) groups is 1. The molecule has 94 valence electrons. The maximum atomic E-state index is 11.8. The molecule has 0 atom stereocenters. The SMILES string of the molecule is Cc1ccc(C(=O)NCCCCCO)c(C)n1. The largest absolute Gasteiger partial charge is 0.396 e. The number of pyridine rings is 1. The summed E-state index contributed by atoms with van der Waals surface area (Å²) in [4.78, 5) is 16.1. The maximum Gasteiger partial charge on any atom is 0.253 e. The third-order valence-corrected chi connectivity index (χ3v) is 2.59. The molecule has 1 heterocycles. The van der Waals surface area contributed by atoms with E-state index in [4.69, 9.17) is 5.11 Å². The summed E-state index contributed by atoms with van der Waals surface area (Å²) in [5, 5.41) is 11.5. The molecule has 0 aliphatic heterocycles. The lowest BCUT2D eigenvalue weighted by molar-refractivity contribution is 0.0952. The van der Waals surface area contributed by atoms with E-state index in [9.17, 15) is 4.79 Å². The van der Waals surface area contributed by atoms with Crippen molar-refractivity contribution in [2.75, 3.05) is 13.2 Å². The van der Waals surface area contributed by atoms with Crippen molar-refractivity contribution in [2.45, 2.75) is 33.1 Å². The van der Waals surface area contributed by atoms with Crippen molar-refractivity contribution in [1.82, 2.24) is 10.3 Å². The first-order chi connectivity index (χ1) is 8.15. The number of amides is 1. The topological polar surface area (TPSA) is 62.2 Å². The second-order valence-corrected chi connectivity index (χ2v) is 4.13. The number of nitrogens with one attached hydrogen (secondary N) is 1. The normalized spacial score (nSPS) is 10.3. The van der Waals surface area contributed by atoms with Crippen molar-refractivity contribution in [3.63, 3.8) is 0 Å². The Kier molecular flexibility index (Phi) is 5.63. The lowest BCUT2D eigenvalue weighted by atomic mass is 10.1. The Labute approximate surface area is 102 Å². The number of aryl methyl sites for hydroxylation is 2. The van der Waals surface area contributed by atoms with Crippen molar-refractivity contribution < 1.29 is 9.90 Å². The third-order valence-electron chi connectivity index (χ3n) is 2.59. The number of unbranched alkanes of at least 4 members (excludes halogenated alkanes) is 2. The van der Waals surface area contributed by atoms with Crippen LogP contribution in [0.2, 0.25) is 0 Å². The second-order valence-electron chi connectivity index (χ2n) is 4.13. The molecular formula is C13H20N2O2. The lowest BCUT2D eigenvalue weighted by Crippen LogP contribution is -2.25. The van der Waals surface area contributed by atoms with Crippen LogP contribution in [0, 0.1) is 13.8 Å². The predicted octanol–water partition coefficient (Wildman–Crippen LogP) is 1.59. The molecule has 0 saturated heterocycles. The standard InChI is InChI=1S/C13H20N2O2/c1-10-6-7-12(11(2)15-10)13(17)14-8-4-3-5-9-16/h6-7,16H,3-5,8-9H2,1-2H3,(H,14,17). The molecule has 1 amide bonds. The number of aliphatic hydroxyl groups excluding tert-OH is 1. The Bertz CT molecular complexity index is 378. The van der Waals surface area contributed by atoms with Gasteiger partial charge in [0.05, 0.1) is 11.3 Å². The molecule has 0 aromatic carbocycles. The van der Waals surface area contributed by atoms with Crippen LogP contribution in [-0.4, -0.2) is 29.1 Å². The van der Waals surface area contributed by atoms with Gasteiger partial charge in [0.15, 0.2) is 0 Å². The van der Waals surface area contributed by atoms with Gasteiger partial charge >= 0.3 is 0 Å². The molecule has 2 N–H and O–H groups in total. The minimum absolute atomic E-state index is 0.0704. The van der Waals surface area contributed by atoms with Crippen molar-refractivity contribution in [3.05, 3.63) is 29.1 Å². The predicted molar refractivity (Wildman–Crippen MR) is 67.0 cm³/mol. The van der Waals surface area contributed by atoms with Crippen LogP contribution in [0.5, 0.6) is 0 Å². The summed E-state index contributed by atoms with van der Waals surface area (Å²) in [6, 6.07) is 3.65. The quantitative estimate of drug-likeness (QED) is 0.737. The van der Waals surface area contributed by atoms with Gasteiger partial charge in [0.2, 0.25) is 0 Å². The first-order valence-electron chi connectivity index (χ1n) is 5.98. The molecule has 1 aromatic heterocycles. The van der Waals surface area contributed by atoms with Crippen LogP contribution in [0.25, 0.3) is 0 Å². The Morgan fingerprint density at radius 1 is 1.29 bits per heavy atom.